The van der Waals surface area contributed by atoms with E-state index in [9.17, 15) is 14.4 Å². The van der Waals surface area contributed by atoms with Crippen molar-refractivity contribution in [3.05, 3.63) is 22.5 Å². The van der Waals surface area contributed by atoms with Gasteiger partial charge in [0, 0.05) is 30.8 Å². The number of aromatic nitrogens is 1. The number of nitrogens with zero attached hydrogens (tertiary/aromatic N) is 2. The first-order valence-corrected chi connectivity index (χ1v) is 9.82. The minimum Gasteiger partial charge on any atom is -0.461 e. The molecule has 0 fully saturated rings. The summed E-state index contributed by atoms with van der Waals surface area (Å²) in [4.78, 5) is 39.8. The van der Waals surface area contributed by atoms with Crippen LogP contribution in [0.2, 0.25) is 0 Å². The second kappa shape index (κ2) is 9.72. The van der Waals surface area contributed by atoms with E-state index in [1.165, 1.54) is 0 Å². The van der Waals surface area contributed by atoms with E-state index < -0.39 is 12.0 Å². The number of hydrogen-bond donors (Lipinski definition) is 0. The van der Waals surface area contributed by atoms with E-state index in [-0.39, 0.29) is 24.2 Å². The van der Waals surface area contributed by atoms with Crippen molar-refractivity contribution < 1.29 is 19.1 Å². The Morgan fingerprint density at radius 2 is 1.67 bits per heavy atom. The highest BCUT2D eigenvalue weighted by Crippen LogP contribution is 2.26. The maximum Gasteiger partial charge on any atom is 0.355 e. The number of carbonyl (C=O) groups excluding carboxylic acids is 3. The Bertz CT molecular complexity index is 704. The third-order valence-corrected chi connectivity index (χ3v) is 4.83. The normalized spacial score (nSPS) is 12.2. The predicted octanol–water partition coefficient (Wildman–Crippen LogP) is 3.77. The molecule has 1 unspecified atom stereocenters. The van der Waals surface area contributed by atoms with Gasteiger partial charge in [-0.25, -0.2) is 4.79 Å². The van der Waals surface area contributed by atoms with Gasteiger partial charge < -0.3 is 14.2 Å². The van der Waals surface area contributed by atoms with Gasteiger partial charge in [0.15, 0.2) is 5.78 Å². The Kier molecular flexibility index (Phi) is 8.25. The Morgan fingerprint density at radius 3 is 2.11 bits per heavy atom. The molecule has 0 bridgehead atoms. The number of carbonyl (C=O) groups is 3. The van der Waals surface area contributed by atoms with Gasteiger partial charge in [-0.05, 0) is 46.1 Å². The number of hydrogen-bond acceptors (Lipinski definition) is 4. The summed E-state index contributed by atoms with van der Waals surface area (Å²) in [6, 6.07) is -0.583. The lowest BCUT2D eigenvalue weighted by atomic mass is 9.99. The van der Waals surface area contributed by atoms with Crippen molar-refractivity contribution in [3.8, 4) is 0 Å². The number of Topliss-reactive ketones (excluding diaryl/α,β-unsaturated/α-hetero) is 1. The molecule has 1 aromatic heterocycles. The predicted molar refractivity (Wildman–Crippen MR) is 106 cm³/mol. The molecular weight excluding hydrogens is 344 g/mol. The smallest absolute Gasteiger partial charge is 0.355 e. The molecule has 1 atom stereocenters. The molecule has 1 amide bonds. The van der Waals surface area contributed by atoms with Gasteiger partial charge in [-0.15, -0.1) is 0 Å². The largest absolute Gasteiger partial charge is 0.461 e. The standard InChI is InChI=1S/C21H34N2O4/c1-9-17(24)23(12-13(4)5)16(8)20(25)18-14(6)19(21(26)27-11-3)22(10-2)15(18)7/h13,16H,9-12H2,1-8H3. The maximum absolute atomic E-state index is 13.3. The van der Waals surface area contributed by atoms with E-state index in [4.69, 9.17) is 4.74 Å². The van der Waals surface area contributed by atoms with E-state index in [2.05, 4.69) is 0 Å². The summed E-state index contributed by atoms with van der Waals surface area (Å²) in [7, 11) is 0. The fourth-order valence-electron chi connectivity index (χ4n) is 3.54. The minimum absolute atomic E-state index is 0.0413. The van der Waals surface area contributed by atoms with Crippen molar-refractivity contribution in [2.24, 2.45) is 5.92 Å². The van der Waals surface area contributed by atoms with Gasteiger partial charge in [0.05, 0.1) is 12.6 Å². The summed E-state index contributed by atoms with van der Waals surface area (Å²) in [5.41, 5.74) is 2.30. The van der Waals surface area contributed by atoms with Crippen LogP contribution in [-0.4, -0.2) is 46.3 Å². The topological polar surface area (TPSA) is 68.6 Å². The highest BCUT2D eigenvalue weighted by atomic mass is 16.5. The second-order valence-corrected chi connectivity index (χ2v) is 7.23. The van der Waals surface area contributed by atoms with Crippen molar-refractivity contribution in [1.29, 1.82) is 0 Å². The van der Waals surface area contributed by atoms with Crippen molar-refractivity contribution in [2.75, 3.05) is 13.2 Å². The highest BCUT2D eigenvalue weighted by Gasteiger charge is 2.32. The average Bonchev–Trinajstić information content (AvgIpc) is 2.87. The summed E-state index contributed by atoms with van der Waals surface area (Å²) < 4.78 is 7.00. The highest BCUT2D eigenvalue weighted by molar-refractivity contribution is 6.06. The zero-order chi connectivity index (χ0) is 20.9. The van der Waals surface area contributed by atoms with Gasteiger partial charge in [-0.2, -0.15) is 0 Å². The fraction of sp³-hybridized carbons (Fsp3) is 0.667. The Balaban J connectivity index is 3.41. The van der Waals surface area contributed by atoms with Gasteiger partial charge in [0.2, 0.25) is 5.91 Å². The number of ketones is 1. The van der Waals surface area contributed by atoms with Gasteiger partial charge in [-0.3, -0.25) is 9.59 Å². The molecule has 152 valence electrons. The third kappa shape index (κ3) is 4.79. The van der Waals surface area contributed by atoms with Gasteiger partial charge in [-0.1, -0.05) is 20.8 Å². The fourth-order valence-corrected chi connectivity index (χ4v) is 3.54. The summed E-state index contributed by atoms with van der Waals surface area (Å²) in [5, 5.41) is 0. The molecule has 0 spiro atoms. The summed E-state index contributed by atoms with van der Waals surface area (Å²) in [6.45, 7) is 16.3. The van der Waals surface area contributed by atoms with E-state index in [1.54, 1.807) is 32.6 Å². The molecular formula is C21H34N2O4. The van der Waals surface area contributed by atoms with Crippen LogP contribution in [0.3, 0.4) is 0 Å². The molecule has 1 aromatic rings. The van der Waals surface area contributed by atoms with Gasteiger partial charge in [0.1, 0.15) is 5.69 Å². The molecule has 0 saturated heterocycles. The Labute approximate surface area is 162 Å². The molecule has 0 aliphatic rings. The van der Waals surface area contributed by atoms with Crippen molar-refractivity contribution in [3.63, 3.8) is 0 Å². The first-order chi connectivity index (χ1) is 12.6. The van der Waals surface area contributed by atoms with Crippen molar-refractivity contribution >= 4 is 17.7 Å². The summed E-state index contributed by atoms with van der Waals surface area (Å²) in [6.07, 6.45) is 0.354. The number of amides is 1. The number of rotatable bonds is 9. The summed E-state index contributed by atoms with van der Waals surface area (Å²) in [5.74, 6) is -0.339. The molecule has 1 rings (SSSR count). The Morgan fingerprint density at radius 1 is 1.07 bits per heavy atom. The second-order valence-electron chi connectivity index (χ2n) is 7.23. The molecule has 6 nitrogen and oxygen atoms in total. The monoisotopic (exact) mass is 378 g/mol. The van der Waals surface area contributed by atoms with E-state index in [0.717, 1.165) is 5.69 Å². The number of ether oxygens (including phenoxy) is 1. The van der Waals surface area contributed by atoms with Crippen LogP contribution in [0.1, 0.15) is 80.1 Å². The average molecular weight is 379 g/mol. The molecule has 0 aromatic carbocycles. The first-order valence-electron chi connectivity index (χ1n) is 9.82. The SMILES string of the molecule is CCOC(=O)c1c(C)c(C(=O)C(C)N(CC(C)C)C(=O)CC)c(C)n1CC. The molecule has 27 heavy (non-hydrogen) atoms. The molecule has 0 aliphatic heterocycles. The zero-order valence-corrected chi connectivity index (χ0v) is 18.0. The number of esters is 1. The Hall–Kier alpha value is -2.11. The van der Waals surface area contributed by atoms with Crippen LogP contribution >= 0.6 is 0 Å². The van der Waals surface area contributed by atoms with Gasteiger partial charge in [0.25, 0.3) is 0 Å². The van der Waals surface area contributed by atoms with Crippen molar-refractivity contribution in [2.45, 2.75) is 74.4 Å². The molecule has 0 radical (unpaired) electrons. The maximum atomic E-state index is 13.3. The van der Waals surface area contributed by atoms with Crippen LogP contribution in [0.15, 0.2) is 0 Å². The molecule has 0 saturated carbocycles. The van der Waals surface area contributed by atoms with Gasteiger partial charge >= 0.3 is 5.97 Å². The van der Waals surface area contributed by atoms with E-state index >= 15 is 0 Å². The van der Waals surface area contributed by atoms with E-state index in [1.807, 2.05) is 32.3 Å². The third-order valence-electron chi connectivity index (χ3n) is 4.83. The lowest BCUT2D eigenvalue weighted by Gasteiger charge is -2.30. The quantitative estimate of drug-likeness (QED) is 0.484. The molecule has 0 N–H and O–H groups in total. The molecule has 0 aliphatic carbocycles. The van der Waals surface area contributed by atoms with Crippen LogP contribution in [0.25, 0.3) is 0 Å². The summed E-state index contributed by atoms with van der Waals surface area (Å²) >= 11 is 0. The molecule has 1 heterocycles. The van der Waals surface area contributed by atoms with E-state index in [0.29, 0.717) is 36.3 Å². The van der Waals surface area contributed by atoms with Crippen LogP contribution in [0, 0.1) is 19.8 Å². The lowest BCUT2D eigenvalue weighted by Crippen LogP contribution is -2.45. The van der Waals surface area contributed by atoms with Crippen LogP contribution < -0.4 is 0 Å². The first kappa shape index (κ1) is 22.9. The minimum atomic E-state index is -0.583. The van der Waals surface area contributed by atoms with Crippen molar-refractivity contribution in [1.82, 2.24) is 9.47 Å². The van der Waals surface area contributed by atoms with Crippen LogP contribution in [-0.2, 0) is 16.1 Å². The molecule has 6 heteroatoms. The zero-order valence-electron chi connectivity index (χ0n) is 18.0. The van der Waals surface area contributed by atoms with Crippen LogP contribution in [0.4, 0.5) is 0 Å². The lowest BCUT2D eigenvalue weighted by molar-refractivity contribution is -0.132. The van der Waals surface area contributed by atoms with Crippen LogP contribution in [0.5, 0.6) is 0 Å².